The van der Waals surface area contributed by atoms with Crippen LogP contribution in [0.2, 0.25) is 0 Å². The normalized spacial score (nSPS) is 16.7. The van der Waals surface area contributed by atoms with Crippen molar-refractivity contribution in [2.75, 3.05) is 6.61 Å². The van der Waals surface area contributed by atoms with Gasteiger partial charge in [0, 0.05) is 18.3 Å². The van der Waals surface area contributed by atoms with Gasteiger partial charge in [0.15, 0.2) is 0 Å². The van der Waals surface area contributed by atoms with Crippen molar-refractivity contribution in [1.29, 1.82) is 0 Å². The molecule has 5 heteroatoms. The average Bonchev–Trinajstić information content (AvgIpc) is 2.53. The number of alkyl halides is 3. The lowest BCUT2D eigenvalue weighted by Gasteiger charge is -2.40. The molecule has 0 aliphatic heterocycles. The molecule has 0 atom stereocenters. The van der Waals surface area contributed by atoms with Gasteiger partial charge in [-0.15, -0.1) is 0 Å². The molecule has 0 aromatic heterocycles. The van der Waals surface area contributed by atoms with Crippen LogP contribution < -0.4 is 0 Å². The molecule has 0 radical (unpaired) electrons. The van der Waals surface area contributed by atoms with Crippen molar-refractivity contribution in [1.82, 2.24) is 0 Å². The Morgan fingerprint density at radius 2 is 1.71 bits per heavy atom. The van der Waals surface area contributed by atoms with E-state index >= 15 is 0 Å². The van der Waals surface area contributed by atoms with E-state index in [0.717, 1.165) is 17.7 Å². The Bertz CT molecular complexity index is 715. The summed E-state index contributed by atoms with van der Waals surface area (Å²) in [5.41, 5.74) is 0.479. The van der Waals surface area contributed by atoms with Crippen LogP contribution in [0.3, 0.4) is 0 Å². The van der Waals surface area contributed by atoms with Crippen molar-refractivity contribution in [3.8, 4) is 0 Å². The topological polar surface area (TPSA) is 26.3 Å². The fourth-order valence-corrected chi connectivity index (χ4v) is 3.09. The standard InChI is InChI=1S/C19H17F3O2/c20-19(21,22)16-8-4-5-14(9-16)12-24-13-18(10-17(23)11-18)15-6-2-1-3-7-15/h1-9H,10-13H2. The maximum atomic E-state index is 12.7. The van der Waals surface area contributed by atoms with E-state index in [1.807, 2.05) is 30.3 Å². The minimum atomic E-state index is -4.36. The molecule has 0 bridgehead atoms. The lowest BCUT2D eigenvalue weighted by atomic mass is 9.64. The summed E-state index contributed by atoms with van der Waals surface area (Å²) in [6, 6.07) is 14.8. The molecular weight excluding hydrogens is 317 g/mol. The molecule has 0 unspecified atom stereocenters. The monoisotopic (exact) mass is 334 g/mol. The minimum absolute atomic E-state index is 0.0900. The van der Waals surface area contributed by atoms with Gasteiger partial charge in [0.25, 0.3) is 0 Å². The number of Topliss-reactive ketones (excluding diaryl/α,β-unsaturated/α-hetero) is 1. The van der Waals surface area contributed by atoms with Gasteiger partial charge in [-0.2, -0.15) is 13.2 Å². The number of ether oxygens (including phenoxy) is 1. The van der Waals surface area contributed by atoms with Crippen LogP contribution in [0.25, 0.3) is 0 Å². The van der Waals surface area contributed by atoms with Crippen molar-refractivity contribution >= 4 is 5.78 Å². The predicted molar refractivity (Wildman–Crippen MR) is 83.5 cm³/mol. The molecule has 2 aromatic carbocycles. The Kier molecular flexibility index (Phi) is 4.45. The first-order valence-electron chi connectivity index (χ1n) is 7.70. The first kappa shape index (κ1) is 16.7. The van der Waals surface area contributed by atoms with Crippen molar-refractivity contribution in [3.05, 3.63) is 71.3 Å². The molecular formula is C19H17F3O2. The van der Waals surface area contributed by atoms with Crippen LogP contribution in [-0.2, 0) is 27.7 Å². The van der Waals surface area contributed by atoms with E-state index in [4.69, 9.17) is 4.74 Å². The molecule has 0 amide bonds. The number of halogens is 3. The van der Waals surface area contributed by atoms with Crippen LogP contribution in [0.1, 0.15) is 29.5 Å². The third-order valence-electron chi connectivity index (χ3n) is 4.36. The van der Waals surface area contributed by atoms with Crippen molar-refractivity contribution < 1.29 is 22.7 Å². The lowest BCUT2D eigenvalue weighted by molar-refractivity contribution is -0.137. The zero-order valence-corrected chi connectivity index (χ0v) is 13.0. The van der Waals surface area contributed by atoms with E-state index < -0.39 is 11.7 Å². The Balaban J connectivity index is 1.66. The molecule has 2 nitrogen and oxygen atoms in total. The van der Waals surface area contributed by atoms with Gasteiger partial charge < -0.3 is 4.74 Å². The van der Waals surface area contributed by atoms with Crippen molar-refractivity contribution in [2.24, 2.45) is 0 Å². The summed E-state index contributed by atoms with van der Waals surface area (Å²) in [5, 5.41) is 0. The SMILES string of the molecule is O=C1CC(COCc2cccc(C(F)(F)F)c2)(c2ccccc2)C1. The van der Waals surface area contributed by atoms with Crippen LogP contribution in [-0.4, -0.2) is 12.4 Å². The predicted octanol–water partition coefficient (Wildman–Crippen LogP) is 4.52. The van der Waals surface area contributed by atoms with Gasteiger partial charge in [-0.05, 0) is 23.3 Å². The number of benzene rings is 2. The summed E-state index contributed by atoms with van der Waals surface area (Å²) in [5.74, 6) is 0.182. The summed E-state index contributed by atoms with van der Waals surface area (Å²) in [4.78, 5) is 11.5. The van der Waals surface area contributed by atoms with E-state index in [2.05, 4.69) is 0 Å². The van der Waals surface area contributed by atoms with Gasteiger partial charge in [0.2, 0.25) is 0 Å². The molecule has 1 aliphatic rings. The first-order chi connectivity index (χ1) is 11.4. The van der Waals surface area contributed by atoms with Crippen molar-refractivity contribution in [2.45, 2.75) is 31.0 Å². The maximum absolute atomic E-state index is 12.7. The molecule has 0 saturated heterocycles. The van der Waals surface area contributed by atoms with E-state index in [1.54, 1.807) is 6.07 Å². The third kappa shape index (κ3) is 3.51. The second-order valence-corrected chi connectivity index (χ2v) is 6.23. The molecule has 3 rings (SSSR count). The summed E-state index contributed by atoms with van der Waals surface area (Å²) in [6.07, 6.45) is -3.53. The van der Waals surface area contributed by atoms with E-state index in [0.29, 0.717) is 25.0 Å². The summed E-state index contributed by atoms with van der Waals surface area (Å²) in [7, 11) is 0. The highest BCUT2D eigenvalue weighted by Gasteiger charge is 2.45. The van der Waals surface area contributed by atoms with Gasteiger partial charge in [-0.25, -0.2) is 0 Å². The molecule has 1 saturated carbocycles. The van der Waals surface area contributed by atoms with Gasteiger partial charge in [-0.3, -0.25) is 4.79 Å². The quantitative estimate of drug-likeness (QED) is 0.803. The average molecular weight is 334 g/mol. The number of rotatable bonds is 5. The van der Waals surface area contributed by atoms with Crippen LogP contribution in [0.4, 0.5) is 13.2 Å². The van der Waals surface area contributed by atoms with E-state index in [-0.39, 0.29) is 17.8 Å². The first-order valence-corrected chi connectivity index (χ1v) is 7.70. The van der Waals surface area contributed by atoms with Crippen molar-refractivity contribution in [3.63, 3.8) is 0 Å². The number of hydrogen-bond donors (Lipinski definition) is 0. The molecule has 2 aromatic rings. The summed E-state index contributed by atoms with van der Waals surface area (Å²) < 4.78 is 43.9. The largest absolute Gasteiger partial charge is 0.416 e. The number of ketones is 1. The van der Waals surface area contributed by atoms with Gasteiger partial charge in [0.05, 0.1) is 18.8 Å². The summed E-state index contributed by atoms with van der Waals surface area (Å²) in [6.45, 7) is 0.408. The summed E-state index contributed by atoms with van der Waals surface area (Å²) >= 11 is 0. The second kappa shape index (κ2) is 6.40. The van der Waals surface area contributed by atoms with Crippen LogP contribution in [0.5, 0.6) is 0 Å². The molecule has 1 fully saturated rings. The highest BCUT2D eigenvalue weighted by molar-refractivity contribution is 5.88. The van der Waals surface area contributed by atoms with Gasteiger partial charge in [-0.1, -0.05) is 42.5 Å². The fourth-order valence-electron chi connectivity index (χ4n) is 3.09. The third-order valence-corrected chi connectivity index (χ3v) is 4.36. The molecule has 0 heterocycles. The van der Waals surface area contributed by atoms with Crippen LogP contribution in [0, 0.1) is 0 Å². The van der Waals surface area contributed by atoms with E-state index in [9.17, 15) is 18.0 Å². The minimum Gasteiger partial charge on any atom is -0.376 e. The Morgan fingerprint density at radius 3 is 2.33 bits per heavy atom. The van der Waals surface area contributed by atoms with Gasteiger partial charge >= 0.3 is 6.18 Å². The fraction of sp³-hybridized carbons (Fsp3) is 0.316. The highest BCUT2D eigenvalue weighted by Crippen LogP contribution is 2.41. The smallest absolute Gasteiger partial charge is 0.376 e. The number of carbonyl (C=O) groups excluding carboxylic acids is 1. The van der Waals surface area contributed by atoms with Crippen LogP contribution in [0.15, 0.2) is 54.6 Å². The Labute approximate surface area is 138 Å². The molecule has 126 valence electrons. The zero-order valence-electron chi connectivity index (χ0n) is 13.0. The Morgan fingerprint density at radius 1 is 1.00 bits per heavy atom. The lowest BCUT2D eigenvalue weighted by Crippen LogP contribution is -2.45. The molecule has 0 N–H and O–H groups in total. The van der Waals surface area contributed by atoms with Crippen LogP contribution >= 0.6 is 0 Å². The number of carbonyl (C=O) groups is 1. The Hall–Kier alpha value is -2.14. The maximum Gasteiger partial charge on any atom is 0.416 e. The number of hydrogen-bond acceptors (Lipinski definition) is 2. The zero-order chi connectivity index (χ0) is 17.2. The molecule has 1 aliphatic carbocycles. The van der Waals surface area contributed by atoms with E-state index in [1.165, 1.54) is 6.07 Å². The molecule has 0 spiro atoms. The highest BCUT2D eigenvalue weighted by atomic mass is 19.4. The molecule has 24 heavy (non-hydrogen) atoms. The second-order valence-electron chi connectivity index (χ2n) is 6.23. The van der Waals surface area contributed by atoms with Gasteiger partial charge in [0.1, 0.15) is 5.78 Å².